The number of aryl methyl sites for hydroxylation is 1. The van der Waals surface area contributed by atoms with E-state index >= 15 is 0 Å². The summed E-state index contributed by atoms with van der Waals surface area (Å²) in [6.07, 6.45) is 0. The first-order valence-electron chi connectivity index (χ1n) is 8.92. The van der Waals surface area contributed by atoms with Crippen molar-refractivity contribution in [3.63, 3.8) is 0 Å². The number of para-hydroxylation sites is 1. The number of carbonyl (C=O) groups is 2. The number of ether oxygens (including phenoxy) is 4. The van der Waals surface area contributed by atoms with Crippen LogP contribution in [0.3, 0.4) is 0 Å². The van der Waals surface area contributed by atoms with E-state index in [1.807, 2.05) is 31.2 Å². The maximum absolute atomic E-state index is 12.3. The lowest BCUT2D eigenvalue weighted by Gasteiger charge is -2.13. The molecule has 0 unspecified atom stereocenters. The Kier molecular flexibility index (Phi) is 6.29. The van der Waals surface area contributed by atoms with Crippen LogP contribution in [-0.4, -0.2) is 37.7 Å². The van der Waals surface area contributed by atoms with Crippen molar-refractivity contribution in [2.45, 2.75) is 13.5 Å². The van der Waals surface area contributed by atoms with Gasteiger partial charge >= 0.3 is 11.9 Å². The van der Waals surface area contributed by atoms with E-state index in [0.29, 0.717) is 28.3 Å². The maximum Gasteiger partial charge on any atom is 0.344 e. The smallest absolute Gasteiger partial charge is 0.344 e. The molecule has 0 atom stereocenters. The van der Waals surface area contributed by atoms with E-state index in [2.05, 4.69) is 4.98 Å². The van der Waals surface area contributed by atoms with E-state index in [-0.39, 0.29) is 13.2 Å². The van der Waals surface area contributed by atoms with Gasteiger partial charge in [0, 0.05) is 5.39 Å². The summed E-state index contributed by atoms with van der Waals surface area (Å²) in [5.74, 6) is 0.0937. The van der Waals surface area contributed by atoms with Gasteiger partial charge in [0.05, 0.1) is 31.0 Å². The molecule has 0 spiro atoms. The lowest BCUT2D eigenvalue weighted by atomic mass is 10.0. The Balaban J connectivity index is 1.71. The highest BCUT2D eigenvalue weighted by Crippen LogP contribution is 2.24. The third kappa shape index (κ3) is 4.63. The van der Waals surface area contributed by atoms with Gasteiger partial charge < -0.3 is 18.9 Å². The standard InChI is InChI=1S/C22H21NO6/c1-14-17-6-4-5-7-18(17)23-19(21(14)22(25)27-3)12-29-20(24)13-28-16-10-8-15(26-2)9-11-16/h4-11H,12-13H2,1-3H3. The molecule has 0 radical (unpaired) electrons. The average Bonchev–Trinajstić information content (AvgIpc) is 2.76. The highest BCUT2D eigenvalue weighted by Gasteiger charge is 2.20. The molecule has 1 aromatic heterocycles. The maximum atomic E-state index is 12.3. The first-order chi connectivity index (χ1) is 14.0. The fraction of sp³-hybridized carbons (Fsp3) is 0.227. The van der Waals surface area contributed by atoms with E-state index in [4.69, 9.17) is 18.9 Å². The third-order valence-corrected chi connectivity index (χ3v) is 4.40. The predicted octanol–water partition coefficient (Wildman–Crippen LogP) is 3.46. The molecule has 2 aromatic carbocycles. The Hall–Kier alpha value is -3.61. The highest BCUT2D eigenvalue weighted by molar-refractivity contribution is 5.98. The molecule has 0 amide bonds. The molecule has 3 aromatic rings. The van der Waals surface area contributed by atoms with Crippen molar-refractivity contribution in [1.29, 1.82) is 0 Å². The van der Waals surface area contributed by atoms with Gasteiger partial charge in [-0.05, 0) is 42.8 Å². The van der Waals surface area contributed by atoms with Gasteiger partial charge in [0.25, 0.3) is 0 Å². The number of carbonyl (C=O) groups excluding carboxylic acids is 2. The van der Waals surface area contributed by atoms with E-state index in [1.54, 1.807) is 31.4 Å². The molecule has 0 aliphatic rings. The number of benzene rings is 2. The van der Waals surface area contributed by atoms with Gasteiger partial charge in [0.2, 0.25) is 0 Å². The third-order valence-electron chi connectivity index (χ3n) is 4.40. The molecule has 0 bridgehead atoms. The van der Waals surface area contributed by atoms with Crippen molar-refractivity contribution >= 4 is 22.8 Å². The molecule has 7 nitrogen and oxygen atoms in total. The molecule has 1 heterocycles. The minimum atomic E-state index is -0.579. The van der Waals surface area contributed by atoms with Crippen LogP contribution in [0.1, 0.15) is 21.6 Å². The van der Waals surface area contributed by atoms with Crippen LogP contribution in [0.25, 0.3) is 10.9 Å². The van der Waals surface area contributed by atoms with Crippen LogP contribution in [-0.2, 0) is 20.9 Å². The van der Waals surface area contributed by atoms with Gasteiger partial charge in [0.1, 0.15) is 18.1 Å². The van der Waals surface area contributed by atoms with E-state index in [1.165, 1.54) is 7.11 Å². The second kappa shape index (κ2) is 9.05. The van der Waals surface area contributed by atoms with Gasteiger partial charge in [-0.2, -0.15) is 0 Å². The fourth-order valence-corrected chi connectivity index (χ4v) is 2.92. The lowest BCUT2D eigenvalue weighted by molar-refractivity contribution is -0.147. The number of aromatic nitrogens is 1. The molecule has 150 valence electrons. The van der Waals surface area contributed by atoms with E-state index < -0.39 is 11.9 Å². The van der Waals surface area contributed by atoms with Gasteiger partial charge in [0.15, 0.2) is 6.61 Å². The molecule has 0 aliphatic heterocycles. The van der Waals surface area contributed by atoms with Crippen molar-refractivity contribution in [3.8, 4) is 11.5 Å². The molecular weight excluding hydrogens is 374 g/mol. The number of esters is 2. The summed E-state index contributed by atoms with van der Waals surface area (Å²) in [5.41, 5.74) is 2.07. The molecule has 7 heteroatoms. The summed E-state index contributed by atoms with van der Waals surface area (Å²) >= 11 is 0. The number of methoxy groups -OCH3 is 2. The number of pyridine rings is 1. The van der Waals surface area contributed by atoms with Gasteiger partial charge in [-0.3, -0.25) is 0 Å². The molecule has 0 N–H and O–H groups in total. The summed E-state index contributed by atoms with van der Waals surface area (Å²) in [6, 6.07) is 14.3. The molecule has 29 heavy (non-hydrogen) atoms. The van der Waals surface area contributed by atoms with Crippen molar-refractivity contribution in [1.82, 2.24) is 4.98 Å². The number of hydrogen-bond acceptors (Lipinski definition) is 7. The molecule has 0 saturated carbocycles. The zero-order chi connectivity index (χ0) is 20.8. The van der Waals surface area contributed by atoms with E-state index in [9.17, 15) is 9.59 Å². The van der Waals surface area contributed by atoms with Gasteiger partial charge in [-0.25, -0.2) is 14.6 Å². The highest BCUT2D eigenvalue weighted by atomic mass is 16.6. The Morgan fingerprint density at radius 3 is 2.34 bits per heavy atom. The Morgan fingerprint density at radius 2 is 1.66 bits per heavy atom. The largest absolute Gasteiger partial charge is 0.497 e. The minimum Gasteiger partial charge on any atom is -0.497 e. The van der Waals surface area contributed by atoms with Crippen LogP contribution in [0.15, 0.2) is 48.5 Å². The Morgan fingerprint density at radius 1 is 0.966 bits per heavy atom. The Labute approximate surface area is 168 Å². The summed E-state index contributed by atoms with van der Waals surface area (Å²) in [7, 11) is 2.87. The summed E-state index contributed by atoms with van der Waals surface area (Å²) in [5, 5.41) is 0.839. The first kappa shape index (κ1) is 20.1. The number of hydrogen-bond donors (Lipinski definition) is 0. The summed E-state index contributed by atoms with van der Waals surface area (Å²) in [4.78, 5) is 28.8. The second-order valence-corrected chi connectivity index (χ2v) is 6.19. The first-order valence-corrected chi connectivity index (χ1v) is 8.92. The molecule has 0 fully saturated rings. The average molecular weight is 395 g/mol. The second-order valence-electron chi connectivity index (χ2n) is 6.19. The quantitative estimate of drug-likeness (QED) is 0.567. The van der Waals surface area contributed by atoms with Crippen molar-refractivity contribution in [2.75, 3.05) is 20.8 Å². The fourth-order valence-electron chi connectivity index (χ4n) is 2.92. The number of rotatable bonds is 7. The summed E-state index contributed by atoms with van der Waals surface area (Å²) < 4.78 is 20.6. The normalized spacial score (nSPS) is 10.4. The zero-order valence-electron chi connectivity index (χ0n) is 16.4. The minimum absolute atomic E-state index is 0.166. The van der Waals surface area contributed by atoms with Gasteiger partial charge in [-0.15, -0.1) is 0 Å². The van der Waals surface area contributed by atoms with Gasteiger partial charge in [-0.1, -0.05) is 18.2 Å². The summed E-state index contributed by atoms with van der Waals surface area (Å²) in [6.45, 7) is 1.38. The topological polar surface area (TPSA) is 84.0 Å². The number of fused-ring (bicyclic) bond motifs is 1. The molecule has 3 rings (SSSR count). The van der Waals surface area contributed by atoms with Crippen LogP contribution < -0.4 is 9.47 Å². The van der Waals surface area contributed by atoms with Crippen molar-refractivity contribution in [2.24, 2.45) is 0 Å². The van der Waals surface area contributed by atoms with Crippen LogP contribution in [0, 0.1) is 6.92 Å². The van der Waals surface area contributed by atoms with Crippen LogP contribution in [0.4, 0.5) is 0 Å². The number of nitrogens with zero attached hydrogens (tertiary/aromatic N) is 1. The lowest BCUT2D eigenvalue weighted by Crippen LogP contribution is -2.17. The SMILES string of the molecule is COC(=O)c1c(COC(=O)COc2ccc(OC)cc2)nc2ccccc2c1C. The van der Waals surface area contributed by atoms with E-state index in [0.717, 1.165) is 10.9 Å². The van der Waals surface area contributed by atoms with Crippen LogP contribution in [0.5, 0.6) is 11.5 Å². The Bertz CT molecular complexity index is 1030. The van der Waals surface area contributed by atoms with Crippen LogP contribution in [0.2, 0.25) is 0 Å². The molecule has 0 aliphatic carbocycles. The van der Waals surface area contributed by atoms with Crippen LogP contribution >= 0.6 is 0 Å². The molecule has 0 saturated heterocycles. The molecular formula is C22H21NO6. The predicted molar refractivity (Wildman–Crippen MR) is 106 cm³/mol. The monoisotopic (exact) mass is 395 g/mol. The zero-order valence-corrected chi connectivity index (χ0v) is 16.4. The van der Waals surface area contributed by atoms with Crippen molar-refractivity contribution < 1.29 is 28.5 Å². The van der Waals surface area contributed by atoms with Crippen molar-refractivity contribution in [3.05, 3.63) is 65.4 Å².